The van der Waals surface area contributed by atoms with Crippen LogP contribution >= 0.6 is 0 Å². The average molecular weight is 432 g/mol. The second-order valence-corrected chi connectivity index (χ2v) is 8.52. The number of fused-ring (bicyclic) bond motifs is 1. The largest absolute Gasteiger partial charge is 0.496 e. The van der Waals surface area contributed by atoms with Gasteiger partial charge in [-0.2, -0.15) is 0 Å². The van der Waals surface area contributed by atoms with Crippen LogP contribution in [0.5, 0.6) is 5.75 Å². The maximum atomic E-state index is 12.6. The van der Waals surface area contributed by atoms with E-state index in [9.17, 15) is 9.59 Å². The monoisotopic (exact) mass is 431 g/mol. The summed E-state index contributed by atoms with van der Waals surface area (Å²) < 4.78 is 5.52. The number of nitrogens with one attached hydrogen (secondary N) is 2. The van der Waals surface area contributed by atoms with Gasteiger partial charge in [0.25, 0.3) is 0 Å². The topological polar surface area (TPSA) is 80.3 Å². The molecule has 166 valence electrons. The number of carbonyl (C=O) groups excluding carboxylic acids is 2. The first-order valence-corrected chi connectivity index (χ1v) is 11.0. The van der Waals surface area contributed by atoms with Gasteiger partial charge < -0.3 is 15.4 Å². The summed E-state index contributed by atoms with van der Waals surface area (Å²) in [4.78, 5) is 29.1. The van der Waals surface area contributed by atoms with Gasteiger partial charge in [0, 0.05) is 30.0 Å². The van der Waals surface area contributed by atoms with E-state index >= 15 is 0 Å². The van der Waals surface area contributed by atoms with Crippen LogP contribution < -0.4 is 15.4 Å². The van der Waals surface area contributed by atoms with Crippen molar-refractivity contribution in [2.45, 2.75) is 51.1 Å². The Labute approximate surface area is 188 Å². The predicted molar refractivity (Wildman–Crippen MR) is 124 cm³/mol. The van der Waals surface area contributed by atoms with E-state index in [-0.39, 0.29) is 11.8 Å². The number of rotatable bonds is 8. The van der Waals surface area contributed by atoms with E-state index < -0.39 is 5.54 Å². The molecule has 0 spiro atoms. The minimum Gasteiger partial charge on any atom is -0.496 e. The maximum Gasteiger partial charge on any atom is 0.220 e. The summed E-state index contributed by atoms with van der Waals surface area (Å²) in [5, 5.41) is 8.32. The van der Waals surface area contributed by atoms with Gasteiger partial charge in [0.2, 0.25) is 11.8 Å². The predicted octanol–water partition coefficient (Wildman–Crippen LogP) is 3.84. The molecule has 1 aliphatic heterocycles. The van der Waals surface area contributed by atoms with Gasteiger partial charge in [0.15, 0.2) is 0 Å². The number of ether oxygens (including phenoxy) is 1. The van der Waals surface area contributed by atoms with Gasteiger partial charge in [0.05, 0.1) is 19.3 Å². The van der Waals surface area contributed by atoms with Crippen LogP contribution in [0.15, 0.2) is 54.7 Å². The molecule has 32 heavy (non-hydrogen) atoms. The summed E-state index contributed by atoms with van der Waals surface area (Å²) in [6.45, 7) is 2.39. The van der Waals surface area contributed by atoms with Gasteiger partial charge >= 0.3 is 0 Å². The molecular weight excluding hydrogens is 402 g/mol. The zero-order chi connectivity index (χ0) is 22.6. The molecule has 0 radical (unpaired) electrons. The lowest BCUT2D eigenvalue weighted by Gasteiger charge is -2.30. The summed E-state index contributed by atoms with van der Waals surface area (Å²) in [7, 11) is 1.67. The number of hydrogen-bond donors (Lipinski definition) is 2. The van der Waals surface area contributed by atoms with Crippen molar-refractivity contribution in [1.82, 2.24) is 15.6 Å². The van der Waals surface area contributed by atoms with E-state index in [1.807, 2.05) is 43.3 Å². The normalized spacial score (nSPS) is 17.9. The first kappa shape index (κ1) is 21.8. The molecule has 1 aliphatic rings. The molecule has 2 N–H and O–H groups in total. The number of benzene rings is 2. The third kappa shape index (κ3) is 4.74. The average Bonchev–Trinajstić information content (AvgIpc) is 3.18. The van der Waals surface area contributed by atoms with E-state index in [0.717, 1.165) is 39.8 Å². The Hall–Kier alpha value is -3.41. The molecule has 2 aromatic carbocycles. The van der Waals surface area contributed by atoms with E-state index in [1.165, 1.54) is 0 Å². The van der Waals surface area contributed by atoms with Crippen LogP contribution in [-0.4, -0.2) is 29.4 Å². The Morgan fingerprint density at radius 2 is 1.97 bits per heavy atom. The Kier molecular flexibility index (Phi) is 6.40. The van der Waals surface area contributed by atoms with Gasteiger partial charge in [-0.25, -0.2) is 0 Å². The highest BCUT2D eigenvalue weighted by Gasteiger charge is 2.38. The Morgan fingerprint density at radius 3 is 2.69 bits per heavy atom. The Bertz CT molecular complexity index is 1140. The van der Waals surface area contributed by atoms with Gasteiger partial charge in [-0.15, -0.1) is 0 Å². The number of pyridine rings is 1. The molecule has 6 heteroatoms. The zero-order valence-electron chi connectivity index (χ0n) is 18.6. The number of aryl methyl sites for hydroxylation is 1. The molecule has 2 amide bonds. The molecule has 1 saturated heterocycles. The second-order valence-electron chi connectivity index (χ2n) is 8.52. The molecule has 0 bridgehead atoms. The fourth-order valence-corrected chi connectivity index (χ4v) is 4.54. The zero-order valence-corrected chi connectivity index (χ0v) is 18.6. The summed E-state index contributed by atoms with van der Waals surface area (Å²) >= 11 is 0. The number of carbonyl (C=O) groups is 2. The number of amides is 2. The third-order valence-corrected chi connectivity index (χ3v) is 6.36. The number of hydrogen-bond acceptors (Lipinski definition) is 4. The van der Waals surface area contributed by atoms with Crippen molar-refractivity contribution in [2.75, 3.05) is 7.11 Å². The van der Waals surface area contributed by atoms with Crippen molar-refractivity contribution in [3.63, 3.8) is 0 Å². The second kappa shape index (κ2) is 9.39. The molecule has 6 nitrogen and oxygen atoms in total. The highest BCUT2D eigenvalue weighted by atomic mass is 16.5. The van der Waals surface area contributed by atoms with Crippen molar-refractivity contribution in [3.8, 4) is 5.75 Å². The van der Waals surface area contributed by atoms with Gasteiger partial charge in [0.1, 0.15) is 5.75 Å². The van der Waals surface area contributed by atoms with Crippen LogP contribution in [0, 0.1) is 6.92 Å². The molecule has 1 aromatic heterocycles. The van der Waals surface area contributed by atoms with Crippen LogP contribution in [0.4, 0.5) is 0 Å². The summed E-state index contributed by atoms with van der Waals surface area (Å²) in [6, 6.07) is 16.0. The minimum absolute atomic E-state index is 0.0323. The lowest BCUT2D eigenvalue weighted by Crippen LogP contribution is -2.44. The van der Waals surface area contributed by atoms with E-state index in [0.29, 0.717) is 32.2 Å². The first-order valence-electron chi connectivity index (χ1n) is 11.0. The van der Waals surface area contributed by atoms with E-state index in [1.54, 1.807) is 13.3 Å². The summed E-state index contributed by atoms with van der Waals surface area (Å²) in [5.41, 5.74) is 2.65. The molecular formula is C26H29N3O3. The standard InChI is InChI=1S/C26H29N3O3/c1-18-6-5-15-27-22(18)17-28-24(30)11-13-26(14-12-25(31)29-26)16-19-9-10-23(32-2)21-8-4-3-7-20(19)21/h3-10,15H,11-14,16-17H2,1-2H3,(H,28,30)(H,29,31)/t26-/m1/s1. The number of nitrogens with zero attached hydrogens (tertiary/aromatic N) is 1. The van der Waals surface area contributed by atoms with Crippen molar-refractivity contribution in [1.29, 1.82) is 0 Å². The van der Waals surface area contributed by atoms with Crippen molar-refractivity contribution in [3.05, 3.63) is 71.5 Å². The Balaban J connectivity index is 1.48. The maximum absolute atomic E-state index is 12.6. The fraction of sp³-hybridized carbons (Fsp3) is 0.346. The summed E-state index contributed by atoms with van der Waals surface area (Å²) in [6.07, 6.45) is 4.56. The molecule has 2 heterocycles. The van der Waals surface area contributed by atoms with Gasteiger partial charge in [-0.3, -0.25) is 14.6 Å². The minimum atomic E-state index is -0.424. The van der Waals surface area contributed by atoms with Gasteiger partial charge in [-0.1, -0.05) is 36.4 Å². The smallest absolute Gasteiger partial charge is 0.220 e. The highest BCUT2D eigenvalue weighted by Crippen LogP contribution is 2.34. The van der Waals surface area contributed by atoms with E-state index in [4.69, 9.17) is 4.74 Å². The third-order valence-electron chi connectivity index (χ3n) is 6.36. The van der Waals surface area contributed by atoms with Crippen LogP contribution in [0.2, 0.25) is 0 Å². The van der Waals surface area contributed by atoms with Crippen LogP contribution in [0.25, 0.3) is 10.8 Å². The van der Waals surface area contributed by atoms with Crippen molar-refractivity contribution < 1.29 is 14.3 Å². The molecule has 4 rings (SSSR count). The molecule has 0 saturated carbocycles. The van der Waals surface area contributed by atoms with Gasteiger partial charge in [-0.05, 0) is 54.8 Å². The number of aromatic nitrogens is 1. The first-order chi connectivity index (χ1) is 15.5. The van der Waals surface area contributed by atoms with Crippen LogP contribution in [0.3, 0.4) is 0 Å². The van der Waals surface area contributed by atoms with Crippen LogP contribution in [0.1, 0.15) is 42.5 Å². The lowest BCUT2D eigenvalue weighted by atomic mass is 9.83. The molecule has 0 aliphatic carbocycles. The molecule has 3 aromatic rings. The van der Waals surface area contributed by atoms with Crippen LogP contribution in [-0.2, 0) is 22.6 Å². The summed E-state index contributed by atoms with van der Waals surface area (Å²) in [5.74, 6) is 0.848. The molecule has 1 fully saturated rings. The molecule has 1 atom stereocenters. The van der Waals surface area contributed by atoms with E-state index in [2.05, 4.69) is 27.8 Å². The fourth-order valence-electron chi connectivity index (χ4n) is 4.54. The number of methoxy groups -OCH3 is 1. The quantitative estimate of drug-likeness (QED) is 0.568. The lowest BCUT2D eigenvalue weighted by molar-refractivity contribution is -0.122. The SMILES string of the molecule is COc1ccc(C[C@@]2(CCC(=O)NCc3ncccc3C)CCC(=O)N2)c2ccccc12. The van der Waals surface area contributed by atoms with Crippen molar-refractivity contribution in [2.24, 2.45) is 0 Å². The molecule has 0 unspecified atom stereocenters. The highest BCUT2D eigenvalue weighted by molar-refractivity contribution is 5.91. The Morgan fingerprint density at radius 1 is 1.16 bits per heavy atom. The van der Waals surface area contributed by atoms with Crippen molar-refractivity contribution >= 4 is 22.6 Å².